The molecule has 1 rings (SSSR count). The molecule has 0 aliphatic carbocycles. The number of ether oxygens (including phenoxy) is 2. The van der Waals surface area contributed by atoms with Gasteiger partial charge in [0.25, 0.3) is 0 Å². The third-order valence-electron chi connectivity index (χ3n) is 2.62. The number of rotatable bonds is 9. The van der Waals surface area contributed by atoms with E-state index in [0.29, 0.717) is 30.0 Å². The molecule has 0 unspecified atom stereocenters. The van der Waals surface area contributed by atoms with E-state index in [1.165, 1.54) is 4.90 Å². The fourth-order valence-corrected chi connectivity index (χ4v) is 2.27. The topological polar surface area (TPSA) is 21.7 Å². The molecule has 120 valence electrons. The maximum Gasteiger partial charge on any atom is 0.401 e. The highest BCUT2D eigenvalue weighted by Crippen LogP contribution is 2.26. The van der Waals surface area contributed by atoms with Crippen LogP contribution in [0.25, 0.3) is 0 Å². The van der Waals surface area contributed by atoms with Crippen LogP contribution in [0.5, 0.6) is 11.5 Å². The van der Waals surface area contributed by atoms with Crippen LogP contribution in [0.15, 0.2) is 24.3 Å². The second kappa shape index (κ2) is 9.15. The molecule has 0 bridgehead atoms. The predicted molar refractivity (Wildman–Crippen MR) is 79.4 cm³/mol. The molecule has 0 saturated heterocycles. The molecule has 0 aliphatic rings. The molecule has 0 saturated carbocycles. The molecule has 1 aromatic carbocycles. The number of hydrogen-bond acceptors (Lipinski definition) is 3. The van der Waals surface area contributed by atoms with Gasteiger partial charge in [0.05, 0.1) is 13.2 Å². The Kier molecular flexibility index (Phi) is 7.88. The van der Waals surface area contributed by atoms with Gasteiger partial charge in [-0.3, -0.25) is 4.90 Å². The summed E-state index contributed by atoms with van der Waals surface area (Å²) in [5.74, 6) is 1.15. The Bertz CT molecular complexity index is 415. The summed E-state index contributed by atoms with van der Waals surface area (Å²) in [4.78, 5) is 1.30. The number of nitrogens with zero attached hydrogens (tertiary/aromatic N) is 1. The monoisotopic (exact) mass is 369 g/mol. The van der Waals surface area contributed by atoms with E-state index in [0.717, 1.165) is 0 Å². The number of alkyl halides is 4. The van der Waals surface area contributed by atoms with Crippen LogP contribution in [0.4, 0.5) is 13.2 Å². The molecule has 0 N–H and O–H groups in total. The first-order valence-corrected chi connectivity index (χ1v) is 7.78. The predicted octanol–water partition coefficient (Wildman–Crippen LogP) is 3.72. The van der Waals surface area contributed by atoms with Crippen LogP contribution in [-0.4, -0.2) is 49.3 Å². The van der Waals surface area contributed by atoms with E-state index < -0.39 is 12.7 Å². The van der Waals surface area contributed by atoms with Crippen LogP contribution in [0.2, 0.25) is 0 Å². The first kappa shape index (κ1) is 18.1. The molecule has 0 heterocycles. The summed E-state index contributed by atoms with van der Waals surface area (Å²) in [5.41, 5.74) is 0. The van der Waals surface area contributed by atoms with Crippen LogP contribution in [0.3, 0.4) is 0 Å². The lowest BCUT2D eigenvalue weighted by atomic mass is 10.3. The first-order chi connectivity index (χ1) is 9.96. The van der Waals surface area contributed by atoms with Crippen LogP contribution < -0.4 is 9.47 Å². The molecule has 0 aromatic heterocycles. The summed E-state index contributed by atoms with van der Waals surface area (Å²) >= 11 is 3.16. The molecule has 0 spiro atoms. The van der Waals surface area contributed by atoms with E-state index in [-0.39, 0.29) is 13.2 Å². The lowest BCUT2D eigenvalue weighted by molar-refractivity contribution is -0.145. The lowest BCUT2D eigenvalue weighted by Crippen LogP contribution is -2.38. The molecular formula is C14H19BrF3NO2. The van der Waals surface area contributed by atoms with Crippen molar-refractivity contribution in [2.75, 3.05) is 38.2 Å². The van der Waals surface area contributed by atoms with Crippen molar-refractivity contribution >= 4 is 15.9 Å². The summed E-state index contributed by atoms with van der Waals surface area (Å²) in [7, 11) is 0. The molecule has 0 amide bonds. The van der Waals surface area contributed by atoms with E-state index in [4.69, 9.17) is 9.47 Å². The van der Waals surface area contributed by atoms with Crippen LogP contribution in [0, 0.1) is 0 Å². The second-order valence-corrected chi connectivity index (χ2v) is 5.10. The van der Waals surface area contributed by atoms with Crippen LogP contribution in [-0.2, 0) is 0 Å². The van der Waals surface area contributed by atoms with Crippen molar-refractivity contribution in [3.05, 3.63) is 24.3 Å². The van der Waals surface area contributed by atoms with E-state index in [2.05, 4.69) is 15.9 Å². The Hall–Kier alpha value is -0.950. The Morgan fingerprint density at radius 3 is 2.24 bits per heavy atom. The highest BCUT2D eigenvalue weighted by Gasteiger charge is 2.30. The molecule has 21 heavy (non-hydrogen) atoms. The minimum atomic E-state index is -4.20. The van der Waals surface area contributed by atoms with Crippen molar-refractivity contribution in [1.82, 2.24) is 4.90 Å². The van der Waals surface area contributed by atoms with Gasteiger partial charge in [0.1, 0.15) is 6.61 Å². The van der Waals surface area contributed by atoms with Crippen LogP contribution >= 0.6 is 15.9 Å². The third kappa shape index (κ3) is 7.57. The zero-order chi connectivity index (χ0) is 15.7. The normalized spacial score (nSPS) is 11.7. The van der Waals surface area contributed by atoms with E-state index in [1.807, 2.05) is 13.0 Å². The van der Waals surface area contributed by atoms with Gasteiger partial charge in [0.15, 0.2) is 11.5 Å². The summed E-state index contributed by atoms with van der Waals surface area (Å²) in [5, 5.41) is 0.485. The summed E-state index contributed by atoms with van der Waals surface area (Å²) < 4.78 is 48.2. The van der Waals surface area contributed by atoms with Gasteiger partial charge in [-0.2, -0.15) is 13.2 Å². The highest BCUT2D eigenvalue weighted by molar-refractivity contribution is 9.09. The van der Waals surface area contributed by atoms with Gasteiger partial charge >= 0.3 is 6.18 Å². The maximum absolute atomic E-state index is 12.4. The van der Waals surface area contributed by atoms with Gasteiger partial charge in [-0.1, -0.05) is 28.1 Å². The Balaban J connectivity index is 2.50. The smallest absolute Gasteiger partial charge is 0.401 e. The average molecular weight is 370 g/mol. The standard InChI is InChI=1S/C14H19BrF3NO2/c1-2-20-12-5-3-4-6-13(12)21-10-9-19(8-7-15)11-14(16,17)18/h3-6H,2,7-11H2,1H3. The van der Waals surface area contributed by atoms with Crippen molar-refractivity contribution < 1.29 is 22.6 Å². The minimum absolute atomic E-state index is 0.174. The number of benzene rings is 1. The Morgan fingerprint density at radius 1 is 1.10 bits per heavy atom. The minimum Gasteiger partial charge on any atom is -0.490 e. The number of hydrogen-bond donors (Lipinski definition) is 0. The van der Waals surface area contributed by atoms with Gasteiger partial charge in [0, 0.05) is 18.4 Å². The summed E-state index contributed by atoms with van der Waals surface area (Å²) in [6, 6.07) is 7.12. The van der Waals surface area contributed by atoms with E-state index >= 15 is 0 Å². The average Bonchev–Trinajstić information content (AvgIpc) is 2.39. The Labute approximate surface area is 131 Å². The zero-order valence-corrected chi connectivity index (χ0v) is 13.4. The molecule has 1 aromatic rings. The molecule has 0 atom stereocenters. The van der Waals surface area contributed by atoms with Gasteiger partial charge in [-0.25, -0.2) is 0 Å². The van der Waals surface area contributed by atoms with Crippen molar-refractivity contribution in [3.63, 3.8) is 0 Å². The highest BCUT2D eigenvalue weighted by atomic mass is 79.9. The summed E-state index contributed by atoms with van der Waals surface area (Å²) in [6.45, 7) is 2.12. The van der Waals surface area contributed by atoms with E-state index in [1.54, 1.807) is 18.2 Å². The van der Waals surface area contributed by atoms with Crippen molar-refractivity contribution in [2.45, 2.75) is 13.1 Å². The molecule has 0 radical (unpaired) electrons. The van der Waals surface area contributed by atoms with Crippen molar-refractivity contribution in [3.8, 4) is 11.5 Å². The van der Waals surface area contributed by atoms with Gasteiger partial charge in [-0.15, -0.1) is 0 Å². The van der Waals surface area contributed by atoms with Gasteiger partial charge < -0.3 is 9.47 Å². The molecule has 7 heteroatoms. The van der Waals surface area contributed by atoms with Crippen molar-refractivity contribution in [2.24, 2.45) is 0 Å². The molecular weight excluding hydrogens is 351 g/mol. The largest absolute Gasteiger partial charge is 0.490 e. The third-order valence-corrected chi connectivity index (χ3v) is 2.97. The fraction of sp³-hybridized carbons (Fsp3) is 0.571. The summed E-state index contributed by atoms with van der Waals surface area (Å²) in [6.07, 6.45) is -4.20. The van der Waals surface area contributed by atoms with Gasteiger partial charge in [-0.05, 0) is 19.1 Å². The zero-order valence-electron chi connectivity index (χ0n) is 11.8. The molecule has 3 nitrogen and oxygen atoms in total. The lowest BCUT2D eigenvalue weighted by Gasteiger charge is -2.23. The number of para-hydroxylation sites is 2. The fourth-order valence-electron chi connectivity index (χ4n) is 1.77. The van der Waals surface area contributed by atoms with Crippen LogP contribution in [0.1, 0.15) is 6.92 Å². The maximum atomic E-state index is 12.4. The quantitative estimate of drug-likeness (QED) is 0.619. The van der Waals surface area contributed by atoms with Crippen molar-refractivity contribution in [1.29, 1.82) is 0 Å². The molecule has 0 fully saturated rings. The van der Waals surface area contributed by atoms with Gasteiger partial charge in [0.2, 0.25) is 0 Å². The first-order valence-electron chi connectivity index (χ1n) is 6.66. The number of halogens is 4. The second-order valence-electron chi connectivity index (χ2n) is 4.31. The molecule has 0 aliphatic heterocycles. The Morgan fingerprint density at radius 2 is 1.71 bits per heavy atom. The SMILES string of the molecule is CCOc1ccccc1OCCN(CCBr)CC(F)(F)F. The van der Waals surface area contributed by atoms with E-state index in [9.17, 15) is 13.2 Å².